The van der Waals surface area contributed by atoms with Crippen molar-refractivity contribution in [2.45, 2.75) is 19.3 Å². The molecule has 0 aliphatic heterocycles. The zero-order chi connectivity index (χ0) is 42.9. The Hall–Kier alpha value is -7.36. The molecule has 3 nitrogen and oxygen atoms in total. The highest BCUT2D eigenvalue weighted by Gasteiger charge is 2.36. The first-order valence-corrected chi connectivity index (χ1v) is 19.6. The van der Waals surface area contributed by atoms with Crippen LogP contribution in [0, 0.1) is 0 Å². The van der Waals surface area contributed by atoms with Crippen molar-refractivity contribution < 1.29 is 15.7 Å². The summed E-state index contributed by atoms with van der Waals surface area (Å²) in [6, 6.07) is 52.4. The molecule has 1 aliphatic carbocycles. The summed E-state index contributed by atoms with van der Waals surface area (Å²) in [5, 5.41) is 5.12. The van der Waals surface area contributed by atoms with E-state index in [2.05, 4.69) is 110 Å². The monoisotopic (exact) mass is 748 g/mol. The molecule has 2 heterocycles. The maximum absolute atomic E-state index is 9.03. The highest BCUT2D eigenvalue weighted by molar-refractivity contribution is 6.22. The van der Waals surface area contributed by atoms with Crippen molar-refractivity contribution >= 4 is 71.7 Å². The number of fused-ring (bicyclic) bond motifs is 11. The van der Waals surface area contributed by atoms with Crippen molar-refractivity contribution in [1.82, 2.24) is 0 Å². The zero-order valence-corrected chi connectivity index (χ0v) is 31.8. The van der Waals surface area contributed by atoms with Crippen LogP contribution in [-0.4, -0.2) is 0 Å². The van der Waals surface area contributed by atoms with Crippen LogP contribution in [0.3, 0.4) is 0 Å². The van der Waals surface area contributed by atoms with Crippen LogP contribution in [-0.2, 0) is 5.41 Å². The van der Waals surface area contributed by atoms with Gasteiger partial charge in [-0.1, -0.05) is 159 Å². The summed E-state index contributed by atoms with van der Waals surface area (Å²) < 4.78 is 57.3. The molecule has 58 heavy (non-hydrogen) atoms. The summed E-state index contributed by atoms with van der Waals surface area (Å²) in [7, 11) is 0. The SMILES string of the molecule is [2H]c1c([2H])c([2H])c(-c2cc3c4cc(N(c5ccc6c(c5)C(C)(C)c5ccccc5-6)c5cccc6c5oc5ccccc56)cc(-c5ccccc5)c4oc3c3ccccc23)c([2H])c1[2H]. The fraction of sp³-hybridized carbons (Fsp3) is 0.0545. The van der Waals surface area contributed by atoms with Gasteiger partial charge in [-0.25, -0.2) is 0 Å². The Kier molecular flexibility index (Phi) is 5.97. The lowest BCUT2D eigenvalue weighted by Crippen LogP contribution is -2.16. The maximum atomic E-state index is 9.03. The number of anilines is 3. The van der Waals surface area contributed by atoms with Crippen LogP contribution in [0.15, 0.2) is 197 Å². The van der Waals surface area contributed by atoms with Crippen LogP contribution in [0.2, 0.25) is 0 Å². The Bertz CT molecular complexity index is 3710. The fourth-order valence-corrected chi connectivity index (χ4v) is 9.40. The van der Waals surface area contributed by atoms with Gasteiger partial charge in [0.1, 0.15) is 16.7 Å². The van der Waals surface area contributed by atoms with Crippen LogP contribution in [0.4, 0.5) is 17.1 Å². The minimum absolute atomic E-state index is 0.146. The molecule has 9 aromatic carbocycles. The Balaban J connectivity index is 1.20. The van der Waals surface area contributed by atoms with Gasteiger partial charge in [0, 0.05) is 49.3 Å². The molecule has 2 aromatic heterocycles. The number of rotatable bonds is 5. The van der Waals surface area contributed by atoms with Crippen LogP contribution in [0.5, 0.6) is 0 Å². The molecule has 0 atom stereocenters. The van der Waals surface area contributed by atoms with Gasteiger partial charge in [0.25, 0.3) is 0 Å². The van der Waals surface area contributed by atoms with Gasteiger partial charge in [0.2, 0.25) is 0 Å². The van der Waals surface area contributed by atoms with E-state index >= 15 is 0 Å². The molecule has 0 saturated carbocycles. The second-order valence-electron chi connectivity index (χ2n) is 15.7. The Morgan fingerprint density at radius 3 is 1.98 bits per heavy atom. The molecular formula is C55H37NO2. The number of furan rings is 2. The van der Waals surface area contributed by atoms with Crippen LogP contribution in [0.25, 0.3) is 88.0 Å². The average molecular weight is 749 g/mol. The first-order valence-electron chi connectivity index (χ1n) is 22.1. The van der Waals surface area contributed by atoms with E-state index in [1.807, 2.05) is 66.7 Å². The summed E-state index contributed by atoms with van der Waals surface area (Å²) in [6.07, 6.45) is 0. The number of para-hydroxylation sites is 2. The molecule has 0 bridgehead atoms. The smallest absolute Gasteiger partial charge is 0.159 e. The van der Waals surface area contributed by atoms with Crippen molar-refractivity contribution in [1.29, 1.82) is 0 Å². The third-order valence-corrected chi connectivity index (χ3v) is 12.1. The van der Waals surface area contributed by atoms with E-state index in [1.165, 1.54) is 22.3 Å². The van der Waals surface area contributed by atoms with E-state index in [0.717, 1.165) is 71.7 Å². The van der Waals surface area contributed by atoms with Gasteiger partial charge in [0.15, 0.2) is 5.58 Å². The van der Waals surface area contributed by atoms with Crippen LogP contribution < -0.4 is 4.90 Å². The molecular weight excluding hydrogens is 707 g/mol. The first kappa shape index (κ1) is 28.1. The van der Waals surface area contributed by atoms with Crippen molar-refractivity contribution in [3.63, 3.8) is 0 Å². The number of hydrogen-bond acceptors (Lipinski definition) is 3. The van der Waals surface area contributed by atoms with Crippen molar-refractivity contribution in [2.75, 3.05) is 4.90 Å². The summed E-state index contributed by atoms with van der Waals surface area (Å²) in [4.78, 5) is 2.28. The fourth-order valence-electron chi connectivity index (χ4n) is 9.40. The minimum Gasteiger partial charge on any atom is -0.455 e. The molecule has 0 saturated heterocycles. The van der Waals surface area contributed by atoms with Crippen molar-refractivity contribution in [3.8, 4) is 33.4 Å². The van der Waals surface area contributed by atoms with E-state index in [0.29, 0.717) is 16.7 Å². The highest BCUT2D eigenvalue weighted by Crippen LogP contribution is 2.52. The first-order chi connectivity index (χ1) is 30.6. The van der Waals surface area contributed by atoms with Gasteiger partial charge < -0.3 is 13.7 Å². The zero-order valence-electron chi connectivity index (χ0n) is 36.8. The van der Waals surface area contributed by atoms with Gasteiger partial charge in [-0.3, -0.25) is 0 Å². The van der Waals surface area contributed by atoms with Crippen molar-refractivity contribution in [2.24, 2.45) is 0 Å². The van der Waals surface area contributed by atoms with E-state index in [4.69, 9.17) is 15.7 Å². The summed E-state index contributed by atoms with van der Waals surface area (Å²) in [5.41, 5.74) is 12.8. The maximum Gasteiger partial charge on any atom is 0.159 e. The largest absolute Gasteiger partial charge is 0.455 e. The van der Waals surface area contributed by atoms with Gasteiger partial charge >= 0.3 is 0 Å². The lowest BCUT2D eigenvalue weighted by molar-refractivity contribution is 0.660. The topological polar surface area (TPSA) is 29.5 Å². The lowest BCUT2D eigenvalue weighted by atomic mass is 9.82. The minimum atomic E-state index is -0.427. The molecule has 11 aromatic rings. The van der Waals surface area contributed by atoms with Gasteiger partial charge in [-0.2, -0.15) is 0 Å². The molecule has 0 fully saturated rings. The molecule has 0 radical (unpaired) electrons. The molecule has 0 unspecified atom stereocenters. The van der Waals surface area contributed by atoms with Gasteiger partial charge in [-0.05, 0) is 86.8 Å². The normalized spacial score (nSPS) is 14.3. The molecule has 274 valence electrons. The second-order valence-corrected chi connectivity index (χ2v) is 15.7. The molecule has 0 amide bonds. The molecule has 3 heteroatoms. The van der Waals surface area contributed by atoms with E-state index in [1.54, 1.807) is 0 Å². The predicted octanol–water partition coefficient (Wildman–Crippen LogP) is 15.7. The molecule has 12 rings (SSSR count). The van der Waals surface area contributed by atoms with Crippen LogP contribution >= 0.6 is 0 Å². The second kappa shape index (κ2) is 12.3. The summed E-state index contributed by atoms with van der Waals surface area (Å²) in [6.45, 7) is 4.58. The van der Waals surface area contributed by atoms with Crippen LogP contribution in [0.1, 0.15) is 31.8 Å². The molecule has 0 spiro atoms. The Morgan fingerprint density at radius 1 is 0.431 bits per heavy atom. The number of benzene rings is 9. The van der Waals surface area contributed by atoms with Gasteiger partial charge in [0.05, 0.1) is 12.5 Å². The molecule has 0 N–H and O–H groups in total. The lowest BCUT2D eigenvalue weighted by Gasteiger charge is -2.28. The van der Waals surface area contributed by atoms with Crippen molar-refractivity contribution in [3.05, 3.63) is 199 Å². The third kappa shape index (κ3) is 4.74. The Labute approximate surface area is 343 Å². The summed E-state index contributed by atoms with van der Waals surface area (Å²) in [5.74, 6) is 0. The third-order valence-electron chi connectivity index (χ3n) is 12.1. The highest BCUT2D eigenvalue weighted by atomic mass is 16.3. The quantitative estimate of drug-likeness (QED) is 0.176. The number of hydrogen-bond donors (Lipinski definition) is 0. The number of nitrogens with zero attached hydrogens (tertiary/aromatic N) is 1. The summed E-state index contributed by atoms with van der Waals surface area (Å²) >= 11 is 0. The van der Waals surface area contributed by atoms with E-state index in [9.17, 15) is 0 Å². The molecule has 1 aliphatic rings. The van der Waals surface area contributed by atoms with Gasteiger partial charge in [-0.15, -0.1) is 0 Å². The predicted molar refractivity (Wildman–Crippen MR) is 242 cm³/mol. The Morgan fingerprint density at radius 2 is 1.12 bits per heavy atom. The standard InChI is InChI=1S/C55H37NO2/c1-55(2)48-25-13-11-21-39(48)40-29-28-36(32-49(40)55)56(50-26-15-24-43-41-22-12-14-27-51(41)57-54(43)50)37-30-45(35-18-7-4-8-19-35)53-46(31-37)47-33-44(34-16-5-3-6-17-34)38-20-9-10-23-42(38)52(47)58-53/h3-33H,1-2H3/i3D,5D,6D,16D,17D. The van der Waals surface area contributed by atoms with E-state index < -0.39 is 6.04 Å². The average Bonchev–Trinajstić information content (AvgIpc) is 3.96. The van der Waals surface area contributed by atoms with E-state index in [-0.39, 0.29) is 35.1 Å².